The van der Waals surface area contributed by atoms with Crippen LogP contribution in [0.4, 0.5) is 11.4 Å². The van der Waals surface area contributed by atoms with Crippen LogP contribution in [0.25, 0.3) is 0 Å². The molecule has 1 N–H and O–H groups in total. The van der Waals surface area contributed by atoms with Crippen molar-refractivity contribution in [3.8, 4) is 11.5 Å². The highest BCUT2D eigenvalue weighted by atomic mass is 32.2. The van der Waals surface area contributed by atoms with Gasteiger partial charge >= 0.3 is 0 Å². The van der Waals surface area contributed by atoms with E-state index in [1.54, 1.807) is 44.4 Å². The summed E-state index contributed by atoms with van der Waals surface area (Å²) < 4.78 is 39.2. The largest absolute Gasteiger partial charge is 0.496 e. The summed E-state index contributed by atoms with van der Waals surface area (Å²) in [7, 11) is -0.176. The van der Waals surface area contributed by atoms with E-state index in [1.807, 2.05) is 18.9 Å². The predicted octanol–water partition coefficient (Wildman–Crippen LogP) is 2.94. The Morgan fingerprint density at radius 1 is 1.16 bits per heavy atom. The fraction of sp³-hybridized carbons (Fsp3) is 0.333. The third-order valence-electron chi connectivity index (χ3n) is 4.29. The van der Waals surface area contributed by atoms with Crippen molar-refractivity contribution in [1.29, 1.82) is 0 Å². The number of anilines is 2. The molecule has 2 aromatic rings. The molecule has 0 saturated heterocycles. The van der Waals surface area contributed by atoms with Gasteiger partial charge in [-0.25, -0.2) is 8.42 Å². The lowest BCUT2D eigenvalue weighted by Crippen LogP contribution is -2.28. The van der Waals surface area contributed by atoms with Gasteiger partial charge in [0.25, 0.3) is 10.0 Å². The van der Waals surface area contributed by atoms with Crippen LogP contribution in [0.1, 0.15) is 11.1 Å². The summed E-state index contributed by atoms with van der Waals surface area (Å²) in [5.41, 5.74) is 2.78. The van der Waals surface area contributed by atoms with Gasteiger partial charge in [0, 0.05) is 7.05 Å². The molecule has 0 aromatic heterocycles. The Kier molecular flexibility index (Phi) is 4.51. The Hall–Kier alpha value is -2.41. The van der Waals surface area contributed by atoms with Gasteiger partial charge in [-0.1, -0.05) is 0 Å². The van der Waals surface area contributed by atoms with Crippen LogP contribution in [-0.2, 0) is 10.0 Å². The molecule has 3 rings (SSSR count). The molecule has 1 aliphatic rings. The molecule has 0 radical (unpaired) electrons. The molecule has 0 unspecified atom stereocenters. The van der Waals surface area contributed by atoms with E-state index >= 15 is 0 Å². The quantitative estimate of drug-likeness (QED) is 0.906. The van der Waals surface area contributed by atoms with E-state index < -0.39 is 10.0 Å². The SMILES string of the molecule is COc1cc(C)c(S(=O)(=O)Nc2ccc3c(c2)N(C)CCO3)cc1C. The zero-order chi connectivity index (χ0) is 18.2. The Morgan fingerprint density at radius 3 is 2.64 bits per heavy atom. The number of rotatable bonds is 4. The average molecular weight is 362 g/mol. The molecule has 0 spiro atoms. The molecule has 25 heavy (non-hydrogen) atoms. The van der Waals surface area contributed by atoms with Crippen LogP contribution in [0, 0.1) is 13.8 Å². The lowest BCUT2D eigenvalue weighted by molar-refractivity contribution is 0.311. The van der Waals surface area contributed by atoms with Gasteiger partial charge in [-0.3, -0.25) is 4.72 Å². The second-order valence-corrected chi connectivity index (χ2v) is 7.80. The maximum atomic E-state index is 12.8. The number of hydrogen-bond acceptors (Lipinski definition) is 5. The summed E-state index contributed by atoms with van der Waals surface area (Å²) in [4.78, 5) is 2.28. The van der Waals surface area contributed by atoms with Crippen LogP contribution in [0.5, 0.6) is 11.5 Å². The van der Waals surface area contributed by atoms with Crippen molar-refractivity contribution in [3.63, 3.8) is 0 Å². The molecule has 1 heterocycles. The summed E-state index contributed by atoms with van der Waals surface area (Å²) >= 11 is 0. The molecule has 0 aliphatic carbocycles. The zero-order valence-electron chi connectivity index (χ0n) is 14.8. The molecule has 1 aliphatic heterocycles. The fourth-order valence-corrected chi connectivity index (χ4v) is 4.26. The second-order valence-electron chi connectivity index (χ2n) is 6.15. The highest BCUT2D eigenvalue weighted by Crippen LogP contribution is 2.34. The Labute approximate surface area is 148 Å². The van der Waals surface area contributed by atoms with E-state index in [0.717, 1.165) is 23.5 Å². The topological polar surface area (TPSA) is 67.9 Å². The number of sulfonamides is 1. The maximum absolute atomic E-state index is 12.8. The summed E-state index contributed by atoms with van der Waals surface area (Å²) in [5, 5.41) is 0. The van der Waals surface area contributed by atoms with Crippen LogP contribution in [-0.4, -0.2) is 35.7 Å². The average Bonchev–Trinajstić information content (AvgIpc) is 2.57. The van der Waals surface area contributed by atoms with Gasteiger partial charge in [0.15, 0.2) is 0 Å². The first kappa shape index (κ1) is 17.4. The minimum atomic E-state index is -3.70. The minimum Gasteiger partial charge on any atom is -0.496 e. The van der Waals surface area contributed by atoms with E-state index in [4.69, 9.17) is 9.47 Å². The van der Waals surface area contributed by atoms with Crippen molar-refractivity contribution in [2.24, 2.45) is 0 Å². The van der Waals surface area contributed by atoms with E-state index in [1.165, 1.54) is 0 Å². The van der Waals surface area contributed by atoms with Crippen LogP contribution < -0.4 is 19.1 Å². The predicted molar refractivity (Wildman–Crippen MR) is 98.5 cm³/mol. The fourth-order valence-electron chi connectivity index (χ4n) is 2.90. The third kappa shape index (κ3) is 3.37. The molecule has 0 fully saturated rings. The number of hydrogen-bond donors (Lipinski definition) is 1. The molecule has 134 valence electrons. The monoisotopic (exact) mass is 362 g/mol. The number of aryl methyl sites for hydroxylation is 2. The van der Waals surface area contributed by atoms with Gasteiger partial charge in [-0.2, -0.15) is 0 Å². The van der Waals surface area contributed by atoms with Crippen molar-refractivity contribution in [2.45, 2.75) is 18.7 Å². The first-order chi connectivity index (χ1) is 11.8. The molecule has 0 amide bonds. The van der Waals surface area contributed by atoms with E-state index in [9.17, 15) is 8.42 Å². The summed E-state index contributed by atoms with van der Waals surface area (Å²) in [6.07, 6.45) is 0. The molecule has 7 heteroatoms. The minimum absolute atomic E-state index is 0.244. The highest BCUT2D eigenvalue weighted by molar-refractivity contribution is 7.92. The standard InChI is InChI=1S/C18H22N2O4S/c1-12-10-18(13(2)9-17(12)23-4)25(21,22)19-14-5-6-16-15(11-14)20(3)7-8-24-16/h5-6,9-11,19H,7-8H2,1-4H3. The van der Waals surface area contributed by atoms with Gasteiger partial charge in [0.2, 0.25) is 0 Å². The Balaban J connectivity index is 1.95. The van der Waals surface area contributed by atoms with Gasteiger partial charge in [0.05, 0.1) is 29.9 Å². The normalized spacial score (nSPS) is 13.8. The van der Waals surface area contributed by atoms with Crippen molar-refractivity contribution in [1.82, 2.24) is 0 Å². The number of methoxy groups -OCH3 is 1. The molecule has 6 nitrogen and oxygen atoms in total. The smallest absolute Gasteiger partial charge is 0.262 e. The summed E-state index contributed by atoms with van der Waals surface area (Å²) in [6.45, 7) is 4.96. The van der Waals surface area contributed by atoms with Gasteiger partial charge in [-0.15, -0.1) is 0 Å². The van der Waals surface area contributed by atoms with E-state index in [-0.39, 0.29) is 4.90 Å². The first-order valence-electron chi connectivity index (χ1n) is 7.98. The summed E-state index contributed by atoms with van der Waals surface area (Å²) in [6, 6.07) is 8.65. The molecular weight excluding hydrogens is 340 g/mol. The molecule has 0 atom stereocenters. The van der Waals surface area contributed by atoms with Crippen molar-refractivity contribution >= 4 is 21.4 Å². The van der Waals surface area contributed by atoms with Gasteiger partial charge in [-0.05, 0) is 55.3 Å². The van der Waals surface area contributed by atoms with Crippen LogP contribution in [0.2, 0.25) is 0 Å². The first-order valence-corrected chi connectivity index (χ1v) is 9.46. The number of likely N-dealkylation sites (N-methyl/N-ethyl adjacent to an activating group) is 1. The number of fused-ring (bicyclic) bond motifs is 1. The molecular formula is C18H22N2O4S. The number of nitrogens with zero attached hydrogens (tertiary/aromatic N) is 1. The molecule has 0 saturated carbocycles. The second kappa shape index (κ2) is 6.48. The number of benzene rings is 2. The Morgan fingerprint density at radius 2 is 1.92 bits per heavy atom. The van der Waals surface area contributed by atoms with Crippen LogP contribution in [0.3, 0.4) is 0 Å². The summed E-state index contributed by atoms with van der Waals surface area (Å²) in [5.74, 6) is 1.43. The number of nitrogens with one attached hydrogen (secondary N) is 1. The van der Waals surface area contributed by atoms with Crippen molar-refractivity contribution in [2.75, 3.05) is 36.9 Å². The van der Waals surface area contributed by atoms with E-state index in [2.05, 4.69) is 4.72 Å². The van der Waals surface area contributed by atoms with Crippen molar-refractivity contribution < 1.29 is 17.9 Å². The maximum Gasteiger partial charge on any atom is 0.262 e. The van der Waals surface area contributed by atoms with Crippen molar-refractivity contribution in [3.05, 3.63) is 41.5 Å². The molecule has 2 aromatic carbocycles. The highest BCUT2D eigenvalue weighted by Gasteiger charge is 2.21. The Bertz CT molecular complexity index is 910. The molecule has 0 bridgehead atoms. The van der Waals surface area contributed by atoms with Gasteiger partial charge < -0.3 is 14.4 Å². The lowest BCUT2D eigenvalue weighted by atomic mass is 10.1. The van der Waals surface area contributed by atoms with Gasteiger partial charge in [0.1, 0.15) is 18.1 Å². The van der Waals surface area contributed by atoms with Crippen LogP contribution >= 0.6 is 0 Å². The third-order valence-corrected chi connectivity index (χ3v) is 5.81. The van der Waals surface area contributed by atoms with Crippen LogP contribution in [0.15, 0.2) is 35.2 Å². The van der Waals surface area contributed by atoms with E-state index in [0.29, 0.717) is 23.6 Å². The number of ether oxygens (including phenoxy) is 2. The zero-order valence-corrected chi connectivity index (χ0v) is 15.6. The lowest BCUT2D eigenvalue weighted by Gasteiger charge is -2.28.